The summed E-state index contributed by atoms with van der Waals surface area (Å²) in [4.78, 5) is 19.9. The molecule has 3 N–H and O–H groups in total. The van der Waals surface area contributed by atoms with Gasteiger partial charge in [-0.05, 0) is 6.92 Å². The number of nitrogens with one attached hydrogen (secondary N) is 1. The molecule has 0 spiro atoms. The van der Waals surface area contributed by atoms with Crippen molar-refractivity contribution in [2.24, 2.45) is 5.73 Å². The third-order valence-electron chi connectivity index (χ3n) is 1.27. The van der Waals surface area contributed by atoms with Crippen LogP contribution in [0.3, 0.4) is 0 Å². The molecule has 1 heterocycles. The lowest BCUT2D eigenvalue weighted by Crippen LogP contribution is -2.23. The van der Waals surface area contributed by atoms with Gasteiger partial charge < -0.3 is 5.73 Å². The van der Waals surface area contributed by atoms with Crippen LogP contribution in [0.1, 0.15) is 22.4 Å². The van der Waals surface area contributed by atoms with Crippen LogP contribution in [0, 0.1) is 0 Å². The van der Waals surface area contributed by atoms with E-state index < -0.39 is 0 Å². The average Bonchev–Trinajstić information content (AvgIpc) is 2.62. The van der Waals surface area contributed by atoms with E-state index in [0.717, 1.165) is 5.01 Å². The van der Waals surface area contributed by atoms with E-state index in [2.05, 4.69) is 10.5 Å². The van der Waals surface area contributed by atoms with Gasteiger partial charge in [0.2, 0.25) is 0 Å². The Morgan fingerprint density at radius 1 is 1.85 bits per heavy atom. The Labute approximate surface area is 79.9 Å². The highest BCUT2D eigenvalue weighted by Gasteiger charge is 2.09. The summed E-state index contributed by atoms with van der Waals surface area (Å²) < 4.78 is 0. The molecule has 0 atom stereocenters. The Morgan fingerprint density at radius 2 is 2.62 bits per heavy atom. The summed E-state index contributed by atoms with van der Waals surface area (Å²) in [6, 6.07) is 0. The normalized spacial score (nSPS) is 10.0. The second-order valence-corrected chi connectivity index (χ2v) is 3.14. The molecule has 0 radical (unpaired) electrons. The van der Waals surface area contributed by atoms with E-state index in [9.17, 15) is 4.79 Å². The Bertz CT molecular complexity index is 287. The number of carbonyl (C=O) groups excluding carboxylic acids is 1. The number of thiazole rings is 1. The zero-order chi connectivity index (χ0) is 9.68. The van der Waals surface area contributed by atoms with Crippen LogP contribution in [0.25, 0.3) is 0 Å². The highest BCUT2D eigenvalue weighted by molar-refractivity contribution is 7.09. The van der Waals surface area contributed by atoms with Crippen LogP contribution in [0.4, 0.5) is 0 Å². The number of nitrogens with zero attached hydrogens (tertiary/aromatic N) is 1. The lowest BCUT2D eigenvalue weighted by Gasteiger charge is -1.99. The highest BCUT2D eigenvalue weighted by Crippen LogP contribution is 2.08. The SMILES string of the molecule is CCONC(=O)c1csc(CN)n1. The van der Waals surface area contributed by atoms with Crippen LogP contribution in [-0.4, -0.2) is 17.5 Å². The predicted octanol–water partition coefficient (Wildman–Crippen LogP) is 0.283. The minimum absolute atomic E-state index is 0.335. The number of carbonyl (C=O) groups is 1. The van der Waals surface area contributed by atoms with E-state index in [1.54, 1.807) is 12.3 Å². The molecule has 1 amide bonds. The molecule has 0 aliphatic carbocycles. The molecule has 0 aliphatic heterocycles. The highest BCUT2D eigenvalue weighted by atomic mass is 32.1. The standard InChI is InChI=1S/C7H11N3O2S/c1-2-12-10-7(11)5-4-13-6(3-8)9-5/h4H,2-3,8H2,1H3,(H,10,11). The monoisotopic (exact) mass is 201 g/mol. The summed E-state index contributed by atoms with van der Waals surface area (Å²) in [7, 11) is 0. The number of hydrogen-bond acceptors (Lipinski definition) is 5. The Hall–Kier alpha value is -0.980. The fraction of sp³-hybridized carbons (Fsp3) is 0.429. The van der Waals surface area contributed by atoms with Crippen molar-refractivity contribution in [3.63, 3.8) is 0 Å². The average molecular weight is 201 g/mol. The zero-order valence-electron chi connectivity index (χ0n) is 7.24. The van der Waals surface area contributed by atoms with E-state index in [1.165, 1.54) is 11.3 Å². The molecule has 1 rings (SSSR count). The van der Waals surface area contributed by atoms with Gasteiger partial charge in [0.25, 0.3) is 5.91 Å². The molecule has 72 valence electrons. The smallest absolute Gasteiger partial charge is 0.294 e. The first-order chi connectivity index (χ1) is 6.27. The minimum Gasteiger partial charge on any atom is -0.325 e. The summed E-state index contributed by atoms with van der Waals surface area (Å²) in [5.74, 6) is -0.335. The maximum absolute atomic E-state index is 11.2. The molecule has 13 heavy (non-hydrogen) atoms. The lowest BCUT2D eigenvalue weighted by molar-refractivity contribution is 0.0360. The molecular formula is C7H11N3O2S. The van der Waals surface area contributed by atoms with Gasteiger partial charge in [-0.15, -0.1) is 11.3 Å². The summed E-state index contributed by atoms with van der Waals surface area (Å²) in [5.41, 5.74) is 7.95. The van der Waals surface area contributed by atoms with Crippen molar-refractivity contribution in [1.29, 1.82) is 0 Å². The second kappa shape index (κ2) is 4.90. The Kier molecular flexibility index (Phi) is 3.81. The molecule has 0 aliphatic rings. The van der Waals surface area contributed by atoms with E-state index in [1.807, 2.05) is 0 Å². The molecule has 1 aromatic rings. The van der Waals surface area contributed by atoms with Crippen molar-refractivity contribution < 1.29 is 9.63 Å². The van der Waals surface area contributed by atoms with Gasteiger partial charge in [-0.25, -0.2) is 10.5 Å². The van der Waals surface area contributed by atoms with Crippen LogP contribution in [-0.2, 0) is 11.4 Å². The maximum Gasteiger partial charge on any atom is 0.294 e. The number of hydrogen-bond donors (Lipinski definition) is 2. The lowest BCUT2D eigenvalue weighted by atomic mass is 10.5. The molecule has 0 unspecified atom stereocenters. The Morgan fingerprint density at radius 3 is 3.15 bits per heavy atom. The third kappa shape index (κ3) is 2.76. The Balaban J connectivity index is 2.55. The topological polar surface area (TPSA) is 77.2 Å². The van der Waals surface area contributed by atoms with Crippen LogP contribution >= 0.6 is 11.3 Å². The van der Waals surface area contributed by atoms with Gasteiger partial charge >= 0.3 is 0 Å². The summed E-state index contributed by atoms with van der Waals surface area (Å²) in [6.07, 6.45) is 0. The molecule has 0 saturated carbocycles. The van der Waals surface area contributed by atoms with Crippen molar-refractivity contribution >= 4 is 17.2 Å². The molecule has 0 aromatic carbocycles. The fourth-order valence-corrected chi connectivity index (χ4v) is 1.35. The number of rotatable bonds is 4. The number of hydroxylamine groups is 1. The van der Waals surface area contributed by atoms with Crippen LogP contribution in [0.2, 0.25) is 0 Å². The van der Waals surface area contributed by atoms with Gasteiger partial charge in [-0.3, -0.25) is 9.63 Å². The third-order valence-corrected chi connectivity index (χ3v) is 2.14. The summed E-state index contributed by atoms with van der Waals surface area (Å²) in [6.45, 7) is 2.57. The van der Waals surface area contributed by atoms with Gasteiger partial charge in [0.1, 0.15) is 10.7 Å². The van der Waals surface area contributed by atoms with Gasteiger partial charge in [0.05, 0.1) is 6.61 Å². The first-order valence-electron chi connectivity index (χ1n) is 3.84. The predicted molar refractivity (Wildman–Crippen MR) is 49.1 cm³/mol. The minimum atomic E-state index is -0.335. The quantitative estimate of drug-likeness (QED) is 0.686. The van der Waals surface area contributed by atoms with Crippen LogP contribution in [0.15, 0.2) is 5.38 Å². The van der Waals surface area contributed by atoms with Crippen LogP contribution < -0.4 is 11.2 Å². The molecule has 5 nitrogen and oxygen atoms in total. The molecule has 0 saturated heterocycles. The van der Waals surface area contributed by atoms with Crippen molar-refractivity contribution in [3.8, 4) is 0 Å². The summed E-state index contributed by atoms with van der Waals surface area (Å²) >= 11 is 1.36. The van der Waals surface area contributed by atoms with E-state index in [0.29, 0.717) is 18.8 Å². The second-order valence-electron chi connectivity index (χ2n) is 2.19. The molecule has 0 bridgehead atoms. The first kappa shape index (κ1) is 10.1. The van der Waals surface area contributed by atoms with E-state index >= 15 is 0 Å². The first-order valence-corrected chi connectivity index (χ1v) is 4.72. The largest absolute Gasteiger partial charge is 0.325 e. The fourth-order valence-electron chi connectivity index (χ4n) is 0.699. The van der Waals surface area contributed by atoms with Crippen molar-refractivity contribution in [3.05, 3.63) is 16.1 Å². The molecule has 1 aromatic heterocycles. The van der Waals surface area contributed by atoms with Gasteiger partial charge in [0.15, 0.2) is 0 Å². The summed E-state index contributed by atoms with van der Waals surface area (Å²) in [5, 5.41) is 2.39. The van der Waals surface area contributed by atoms with Crippen molar-refractivity contribution in [1.82, 2.24) is 10.5 Å². The van der Waals surface area contributed by atoms with Gasteiger partial charge in [-0.2, -0.15) is 0 Å². The number of amides is 1. The molecular weight excluding hydrogens is 190 g/mol. The zero-order valence-corrected chi connectivity index (χ0v) is 8.06. The van der Waals surface area contributed by atoms with Gasteiger partial charge in [-0.1, -0.05) is 0 Å². The molecule has 6 heteroatoms. The number of nitrogens with two attached hydrogens (primary N) is 1. The maximum atomic E-state index is 11.2. The van der Waals surface area contributed by atoms with E-state index in [4.69, 9.17) is 10.6 Å². The van der Waals surface area contributed by atoms with Crippen molar-refractivity contribution in [2.45, 2.75) is 13.5 Å². The molecule has 0 fully saturated rings. The van der Waals surface area contributed by atoms with Gasteiger partial charge in [0, 0.05) is 11.9 Å². The van der Waals surface area contributed by atoms with E-state index in [-0.39, 0.29) is 5.91 Å². The number of aromatic nitrogens is 1. The van der Waals surface area contributed by atoms with Crippen molar-refractivity contribution in [2.75, 3.05) is 6.61 Å². The van der Waals surface area contributed by atoms with Crippen LogP contribution in [0.5, 0.6) is 0 Å².